The van der Waals surface area contributed by atoms with Crippen molar-refractivity contribution in [3.63, 3.8) is 0 Å². The van der Waals surface area contributed by atoms with Crippen molar-refractivity contribution in [3.05, 3.63) is 77.6 Å². The smallest absolute Gasteiger partial charge is 0.258 e. The topological polar surface area (TPSA) is 123 Å². The zero-order chi connectivity index (χ0) is 33.3. The normalized spacial score (nSPS) is 21.0. The Bertz CT molecular complexity index is 1500. The van der Waals surface area contributed by atoms with E-state index in [1.807, 2.05) is 32.0 Å². The number of rotatable bonds is 8. The van der Waals surface area contributed by atoms with Crippen molar-refractivity contribution >= 4 is 17.5 Å². The van der Waals surface area contributed by atoms with Crippen molar-refractivity contribution in [2.45, 2.75) is 64.8 Å². The zero-order valence-electron chi connectivity index (χ0n) is 27.7. The molecular weight excluding hydrogens is 600 g/mol. The first kappa shape index (κ1) is 34.2. The molecule has 5 rings (SSSR count). The summed E-state index contributed by atoms with van der Waals surface area (Å²) in [6, 6.07) is 13.9. The van der Waals surface area contributed by atoms with E-state index < -0.39 is 6.04 Å². The van der Waals surface area contributed by atoms with Crippen LogP contribution in [0.1, 0.15) is 66.3 Å². The number of nitrogens with one attached hydrogen (secondary N) is 1. The van der Waals surface area contributed by atoms with Crippen LogP contribution >= 0.6 is 0 Å². The van der Waals surface area contributed by atoms with Crippen molar-refractivity contribution < 1.29 is 33.6 Å². The number of ether oxygens (including phenoxy) is 4. The second-order valence-corrected chi connectivity index (χ2v) is 12.6. The van der Waals surface area contributed by atoms with Gasteiger partial charge in [-0.15, -0.1) is 0 Å². The van der Waals surface area contributed by atoms with Gasteiger partial charge in [0.2, 0.25) is 6.79 Å². The summed E-state index contributed by atoms with van der Waals surface area (Å²) >= 11 is 0. The molecule has 2 aromatic carbocycles. The molecule has 11 nitrogen and oxygen atoms in total. The summed E-state index contributed by atoms with van der Waals surface area (Å²) in [4.78, 5) is 35.2. The predicted octanol–water partition coefficient (Wildman–Crippen LogP) is 4.99. The Balaban J connectivity index is 1.38. The molecule has 0 saturated heterocycles. The van der Waals surface area contributed by atoms with Crippen LogP contribution in [0.3, 0.4) is 0 Å². The summed E-state index contributed by atoms with van der Waals surface area (Å²) in [6.07, 6.45) is 5.37. The second-order valence-electron chi connectivity index (χ2n) is 12.6. The van der Waals surface area contributed by atoms with Crippen LogP contribution in [0.2, 0.25) is 0 Å². The first-order chi connectivity index (χ1) is 22.7. The summed E-state index contributed by atoms with van der Waals surface area (Å²) in [7, 11) is 2.06. The molecule has 1 aromatic heterocycles. The maximum Gasteiger partial charge on any atom is 0.258 e. The molecule has 2 aliphatic heterocycles. The number of carbonyl (C=O) groups is 2. The number of likely N-dealkylation sites (N-methyl/N-ethyl adjacent to an activating group) is 1. The number of carbonyl (C=O) groups excluding carboxylic acids is 2. The number of benzene rings is 2. The molecule has 3 aromatic rings. The number of hydrogen-bond donors (Lipinski definition) is 2. The van der Waals surface area contributed by atoms with Gasteiger partial charge in [-0.2, -0.15) is 0 Å². The third-order valence-electron chi connectivity index (χ3n) is 8.63. The molecule has 252 valence electrons. The molecular formula is C36H46N4O7. The van der Waals surface area contributed by atoms with Gasteiger partial charge in [0.05, 0.1) is 30.4 Å². The van der Waals surface area contributed by atoms with E-state index in [4.69, 9.17) is 18.9 Å². The number of fused-ring (bicyclic) bond motifs is 2. The van der Waals surface area contributed by atoms with Gasteiger partial charge in [-0.1, -0.05) is 13.0 Å². The SMILES string of the molecule is C[C@@H]1CN([C@@H](C)CO)C(=O)c2cc(NC(=O)c3ccncc3)ccc2O[C@@H](C)CCCCO[C@H]1CN(C)Cc1ccc2c(c1)OCO2. The van der Waals surface area contributed by atoms with E-state index in [2.05, 4.69) is 29.2 Å². The minimum absolute atomic E-state index is 0.0621. The fraction of sp³-hybridized carbons (Fsp3) is 0.472. The van der Waals surface area contributed by atoms with Gasteiger partial charge in [0.25, 0.3) is 11.8 Å². The maximum atomic E-state index is 14.4. The number of nitrogens with zero attached hydrogens (tertiary/aromatic N) is 3. The van der Waals surface area contributed by atoms with E-state index in [-0.39, 0.29) is 43.3 Å². The summed E-state index contributed by atoms with van der Waals surface area (Å²) in [5.74, 6) is 1.29. The van der Waals surface area contributed by atoms with Gasteiger partial charge in [-0.3, -0.25) is 19.5 Å². The molecule has 0 fully saturated rings. The highest BCUT2D eigenvalue weighted by molar-refractivity contribution is 6.05. The fourth-order valence-corrected chi connectivity index (χ4v) is 5.89. The lowest BCUT2D eigenvalue weighted by Gasteiger charge is -2.36. The largest absolute Gasteiger partial charge is 0.490 e. The first-order valence-corrected chi connectivity index (χ1v) is 16.3. The van der Waals surface area contributed by atoms with Crippen molar-refractivity contribution in [1.29, 1.82) is 0 Å². The highest BCUT2D eigenvalue weighted by atomic mass is 16.7. The Labute approximate surface area is 276 Å². The van der Waals surface area contributed by atoms with E-state index in [1.165, 1.54) is 0 Å². The monoisotopic (exact) mass is 646 g/mol. The van der Waals surface area contributed by atoms with E-state index in [0.717, 1.165) is 36.3 Å². The third-order valence-corrected chi connectivity index (χ3v) is 8.63. The number of aliphatic hydroxyl groups excluding tert-OH is 1. The summed E-state index contributed by atoms with van der Waals surface area (Å²) < 4.78 is 23.8. The number of pyridine rings is 1. The van der Waals surface area contributed by atoms with E-state index >= 15 is 0 Å². The highest BCUT2D eigenvalue weighted by Crippen LogP contribution is 2.33. The van der Waals surface area contributed by atoms with Crippen molar-refractivity contribution in [2.24, 2.45) is 5.92 Å². The molecule has 4 atom stereocenters. The Morgan fingerprint density at radius 2 is 1.83 bits per heavy atom. The standard InChI is InChI=1S/C36H46N4O7/c1-24-19-40(25(2)22-41)36(43)30-18-29(38-35(42)28-12-14-37-15-13-28)9-11-31(30)47-26(3)7-5-6-16-44-34(24)21-39(4)20-27-8-10-32-33(17-27)46-23-45-32/h8-15,17-18,24-26,34,41H,5-7,16,19-23H2,1-4H3,(H,38,42)/t24-,25+,26+,34+/m1/s1. The number of aliphatic hydroxyl groups is 1. The highest BCUT2D eigenvalue weighted by Gasteiger charge is 2.30. The van der Waals surface area contributed by atoms with Crippen LogP contribution in [0, 0.1) is 5.92 Å². The van der Waals surface area contributed by atoms with Crippen molar-refractivity contribution in [1.82, 2.24) is 14.8 Å². The van der Waals surface area contributed by atoms with Gasteiger partial charge >= 0.3 is 0 Å². The van der Waals surface area contributed by atoms with Gasteiger partial charge < -0.3 is 34.3 Å². The molecule has 2 N–H and O–H groups in total. The lowest BCUT2D eigenvalue weighted by atomic mass is 10.0. The van der Waals surface area contributed by atoms with E-state index in [0.29, 0.717) is 48.8 Å². The molecule has 47 heavy (non-hydrogen) atoms. The Morgan fingerprint density at radius 1 is 1.06 bits per heavy atom. The number of hydrogen-bond acceptors (Lipinski definition) is 9. The minimum Gasteiger partial charge on any atom is -0.490 e. The van der Waals surface area contributed by atoms with Crippen LogP contribution in [0.5, 0.6) is 17.2 Å². The van der Waals surface area contributed by atoms with Crippen LogP contribution in [-0.4, -0.2) is 90.1 Å². The maximum absolute atomic E-state index is 14.4. The molecule has 3 heterocycles. The molecule has 0 saturated carbocycles. The van der Waals surface area contributed by atoms with E-state index in [1.54, 1.807) is 47.6 Å². The van der Waals surface area contributed by atoms with Crippen molar-refractivity contribution in [2.75, 3.05) is 45.5 Å². The second kappa shape index (κ2) is 16.1. The van der Waals surface area contributed by atoms with Gasteiger partial charge in [0.15, 0.2) is 11.5 Å². The molecule has 0 bridgehead atoms. The Morgan fingerprint density at radius 3 is 2.62 bits per heavy atom. The Hall–Kier alpha value is -4.19. The quantitative estimate of drug-likeness (QED) is 0.349. The third kappa shape index (κ3) is 9.00. The first-order valence-electron chi connectivity index (χ1n) is 16.3. The van der Waals surface area contributed by atoms with Crippen LogP contribution in [0.15, 0.2) is 60.9 Å². The lowest BCUT2D eigenvalue weighted by Crippen LogP contribution is -2.47. The molecule has 0 unspecified atom stereocenters. The molecule has 0 aliphatic carbocycles. The molecule has 0 radical (unpaired) electrons. The van der Waals surface area contributed by atoms with Gasteiger partial charge in [-0.25, -0.2) is 0 Å². The average molecular weight is 647 g/mol. The molecule has 11 heteroatoms. The minimum atomic E-state index is -0.467. The predicted molar refractivity (Wildman–Crippen MR) is 178 cm³/mol. The Kier molecular flexibility index (Phi) is 11.7. The average Bonchev–Trinajstić information content (AvgIpc) is 3.54. The summed E-state index contributed by atoms with van der Waals surface area (Å²) in [5.41, 5.74) is 2.35. The zero-order valence-corrected chi connectivity index (χ0v) is 27.7. The van der Waals surface area contributed by atoms with Crippen molar-refractivity contribution in [3.8, 4) is 17.2 Å². The van der Waals surface area contributed by atoms with Crippen LogP contribution in [0.25, 0.3) is 0 Å². The summed E-state index contributed by atoms with van der Waals surface area (Å²) in [5, 5.41) is 13.1. The number of aromatic nitrogens is 1. The van der Waals surface area contributed by atoms with Crippen LogP contribution in [-0.2, 0) is 11.3 Å². The van der Waals surface area contributed by atoms with Gasteiger partial charge in [0, 0.05) is 55.8 Å². The van der Waals surface area contributed by atoms with Crippen LogP contribution in [0.4, 0.5) is 5.69 Å². The lowest BCUT2D eigenvalue weighted by molar-refractivity contribution is -0.0177. The summed E-state index contributed by atoms with van der Waals surface area (Å²) in [6.45, 7) is 8.21. The molecule has 2 aliphatic rings. The van der Waals surface area contributed by atoms with Crippen LogP contribution < -0.4 is 19.5 Å². The van der Waals surface area contributed by atoms with Gasteiger partial charge in [-0.05, 0) is 88.2 Å². The molecule has 2 amide bonds. The fourth-order valence-electron chi connectivity index (χ4n) is 5.89. The van der Waals surface area contributed by atoms with Gasteiger partial charge in [0.1, 0.15) is 5.75 Å². The molecule has 0 spiro atoms. The number of amides is 2. The number of anilines is 1. The van der Waals surface area contributed by atoms with E-state index in [9.17, 15) is 14.7 Å².